The first-order valence-corrected chi connectivity index (χ1v) is 12.9. The van der Waals surface area contributed by atoms with Crippen molar-refractivity contribution in [3.05, 3.63) is 140 Å². The third-order valence-electron chi connectivity index (χ3n) is 7.04. The Kier molecular flexibility index (Phi) is 5.56. The molecule has 4 nitrogen and oxygen atoms in total. The first kappa shape index (κ1) is 22.8. The Bertz CT molecular complexity index is 1920. The standard InChI is InChI=1S/C35H24N4/c1-2-24-20-22-26(23-21-24)34-36-33(25-12-4-3-5-13-25)37-35(38-34)29-16-8-11-19-32(29)39-30-17-9-6-14-27(30)28-15-7-10-18-31(28)39/h2-23H,1H2. The van der Waals surface area contributed by atoms with Gasteiger partial charge in [-0.05, 0) is 29.8 Å². The van der Waals surface area contributed by atoms with Gasteiger partial charge >= 0.3 is 0 Å². The number of fused-ring (bicyclic) bond motifs is 3. The molecule has 0 fully saturated rings. The van der Waals surface area contributed by atoms with E-state index in [1.165, 1.54) is 10.8 Å². The minimum atomic E-state index is 0.629. The molecule has 0 bridgehead atoms. The van der Waals surface area contributed by atoms with Crippen LogP contribution in [-0.2, 0) is 0 Å². The molecule has 2 heterocycles. The highest BCUT2D eigenvalue weighted by atomic mass is 15.0. The Morgan fingerprint density at radius 3 is 1.64 bits per heavy atom. The van der Waals surface area contributed by atoms with Gasteiger partial charge in [-0.3, -0.25) is 0 Å². The summed E-state index contributed by atoms with van der Waals surface area (Å²) in [6.45, 7) is 3.87. The van der Waals surface area contributed by atoms with Gasteiger partial charge in [-0.15, -0.1) is 0 Å². The summed E-state index contributed by atoms with van der Waals surface area (Å²) in [6.07, 6.45) is 1.83. The van der Waals surface area contributed by atoms with E-state index in [0.29, 0.717) is 17.5 Å². The van der Waals surface area contributed by atoms with Crippen LogP contribution >= 0.6 is 0 Å². The van der Waals surface area contributed by atoms with Crippen LogP contribution in [0.5, 0.6) is 0 Å². The molecule has 0 unspecified atom stereocenters. The molecule has 184 valence electrons. The molecule has 7 aromatic rings. The van der Waals surface area contributed by atoms with Crippen LogP contribution in [0.15, 0.2) is 134 Å². The van der Waals surface area contributed by atoms with Gasteiger partial charge in [-0.2, -0.15) is 0 Å². The van der Waals surface area contributed by atoms with E-state index >= 15 is 0 Å². The van der Waals surface area contributed by atoms with E-state index in [9.17, 15) is 0 Å². The zero-order chi connectivity index (χ0) is 26.2. The van der Waals surface area contributed by atoms with Gasteiger partial charge in [0.15, 0.2) is 17.5 Å². The fraction of sp³-hybridized carbons (Fsp3) is 0. The molecule has 0 aliphatic rings. The number of nitrogens with zero attached hydrogens (tertiary/aromatic N) is 4. The van der Waals surface area contributed by atoms with Crippen molar-refractivity contribution in [2.45, 2.75) is 0 Å². The largest absolute Gasteiger partial charge is 0.309 e. The molecule has 0 spiro atoms. The van der Waals surface area contributed by atoms with Crippen LogP contribution in [0.4, 0.5) is 0 Å². The van der Waals surface area contributed by atoms with E-state index in [2.05, 4.69) is 77.9 Å². The van der Waals surface area contributed by atoms with Crippen molar-refractivity contribution >= 4 is 27.9 Å². The average molecular weight is 501 g/mol. The predicted octanol–water partition coefficient (Wildman–Crippen LogP) is 8.61. The van der Waals surface area contributed by atoms with Gasteiger partial charge in [0.1, 0.15) is 0 Å². The summed E-state index contributed by atoms with van der Waals surface area (Å²) in [6, 6.07) is 43.6. The Morgan fingerprint density at radius 1 is 0.487 bits per heavy atom. The SMILES string of the molecule is C=Cc1ccc(-c2nc(-c3ccccc3)nc(-c3ccccc3-n3c4ccccc4c4ccccc43)n2)cc1. The lowest BCUT2D eigenvalue weighted by atomic mass is 10.1. The molecule has 2 aromatic heterocycles. The van der Waals surface area contributed by atoms with Crippen LogP contribution in [-0.4, -0.2) is 19.5 Å². The molecule has 0 radical (unpaired) electrons. The molecule has 4 heteroatoms. The van der Waals surface area contributed by atoms with E-state index in [1.54, 1.807) is 0 Å². The molecule has 0 aliphatic heterocycles. The summed E-state index contributed by atoms with van der Waals surface area (Å²) in [4.78, 5) is 14.9. The molecule has 0 atom stereocenters. The van der Waals surface area contributed by atoms with Crippen molar-refractivity contribution in [2.24, 2.45) is 0 Å². The molecular formula is C35H24N4. The zero-order valence-corrected chi connectivity index (χ0v) is 21.2. The molecule has 0 saturated carbocycles. The molecule has 0 amide bonds. The van der Waals surface area contributed by atoms with E-state index in [4.69, 9.17) is 15.0 Å². The minimum Gasteiger partial charge on any atom is -0.309 e. The van der Waals surface area contributed by atoms with Crippen molar-refractivity contribution in [1.29, 1.82) is 0 Å². The van der Waals surface area contributed by atoms with Crippen LogP contribution in [0, 0.1) is 0 Å². The number of rotatable bonds is 5. The van der Waals surface area contributed by atoms with Gasteiger partial charge < -0.3 is 4.57 Å². The highest BCUT2D eigenvalue weighted by molar-refractivity contribution is 6.09. The first-order chi connectivity index (χ1) is 19.3. The Morgan fingerprint density at radius 2 is 1.00 bits per heavy atom. The predicted molar refractivity (Wildman–Crippen MR) is 161 cm³/mol. The lowest BCUT2D eigenvalue weighted by Crippen LogP contribution is -2.03. The van der Waals surface area contributed by atoms with E-state index in [1.807, 2.05) is 66.7 Å². The van der Waals surface area contributed by atoms with Gasteiger partial charge in [0.25, 0.3) is 0 Å². The minimum absolute atomic E-state index is 0.629. The van der Waals surface area contributed by atoms with Gasteiger partial charge in [0, 0.05) is 27.5 Å². The van der Waals surface area contributed by atoms with Crippen molar-refractivity contribution in [2.75, 3.05) is 0 Å². The number of para-hydroxylation sites is 3. The highest BCUT2D eigenvalue weighted by Gasteiger charge is 2.18. The van der Waals surface area contributed by atoms with E-state index < -0.39 is 0 Å². The smallest absolute Gasteiger partial charge is 0.166 e. The number of hydrogen-bond donors (Lipinski definition) is 0. The molecule has 0 saturated heterocycles. The van der Waals surface area contributed by atoms with E-state index in [-0.39, 0.29) is 0 Å². The van der Waals surface area contributed by atoms with Gasteiger partial charge in [0.2, 0.25) is 0 Å². The maximum absolute atomic E-state index is 5.02. The molecular weight excluding hydrogens is 476 g/mol. The topological polar surface area (TPSA) is 43.6 Å². The maximum atomic E-state index is 5.02. The number of benzene rings is 5. The van der Waals surface area contributed by atoms with E-state index in [0.717, 1.165) is 39.0 Å². The summed E-state index contributed by atoms with van der Waals surface area (Å²) in [5.41, 5.74) is 7.16. The Labute approximate surface area is 226 Å². The second-order valence-electron chi connectivity index (χ2n) is 9.39. The normalized spacial score (nSPS) is 11.2. The van der Waals surface area contributed by atoms with Crippen LogP contribution in [0.3, 0.4) is 0 Å². The second kappa shape index (κ2) is 9.51. The number of hydrogen-bond acceptors (Lipinski definition) is 3. The molecule has 0 aliphatic carbocycles. The van der Waals surface area contributed by atoms with Crippen molar-refractivity contribution in [3.63, 3.8) is 0 Å². The summed E-state index contributed by atoms with van der Waals surface area (Å²) >= 11 is 0. The first-order valence-electron chi connectivity index (χ1n) is 12.9. The lowest BCUT2D eigenvalue weighted by Gasteiger charge is -2.14. The summed E-state index contributed by atoms with van der Waals surface area (Å²) in [7, 11) is 0. The summed E-state index contributed by atoms with van der Waals surface area (Å²) < 4.78 is 2.31. The lowest BCUT2D eigenvalue weighted by molar-refractivity contribution is 1.06. The molecule has 5 aromatic carbocycles. The summed E-state index contributed by atoms with van der Waals surface area (Å²) in [5, 5.41) is 2.43. The highest BCUT2D eigenvalue weighted by Crippen LogP contribution is 2.36. The van der Waals surface area contributed by atoms with Crippen LogP contribution in [0.1, 0.15) is 5.56 Å². The fourth-order valence-electron chi connectivity index (χ4n) is 5.15. The molecule has 7 rings (SSSR count). The quantitative estimate of drug-likeness (QED) is 0.238. The summed E-state index contributed by atoms with van der Waals surface area (Å²) in [5.74, 6) is 1.90. The average Bonchev–Trinajstić information content (AvgIpc) is 3.35. The monoisotopic (exact) mass is 500 g/mol. The van der Waals surface area contributed by atoms with Crippen LogP contribution < -0.4 is 0 Å². The van der Waals surface area contributed by atoms with Crippen LogP contribution in [0.2, 0.25) is 0 Å². The zero-order valence-electron chi connectivity index (χ0n) is 21.2. The maximum Gasteiger partial charge on any atom is 0.166 e. The van der Waals surface area contributed by atoms with Crippen molar-refractivity contribution < 1.29 is 0 Å². The second-order valence-corrected chi connectivity index (χ2v) is 9.39. The third-order valence-corrected chi connectivity index (χ3v) is 7.04. The Balaban J connectivity index is 1.50. The van der Waals surface area contributed by atoms with Gasteiger partial charge in [-0.25, -0.2) is 15.0 Å². The van der Waals surface area contributed by atoms with Crippen molar-refractivity contribution in [3.8, 4) is 39.9 Å². The molecule has 0 N–H and O–H groups in total. The van der Waals surface area contributed by atoms with Crippen molar-refractivity contribution in [1.82, 2.24) is 19.5 Å². The van der Waals surface area contributed by atoms with Crippen LogP contribution in [0.25, 0.3) is 67.7 Å². The number of aromatic nitrogens is 4. The van der Waals surface area contributed by atoms with Gasteiger partial charge in [-0.1, -0.05) is 116 Å². The Hall–Kier alpha value is -5.35. The molecule has 39 heavy (non-hydrogen) atoms. The third kappa shape index (κ3) is 3.99. The van der Waals surface area contributed by atoms with Gasteiger partial charge in [0.05, 0.1) is 16.7 Å². The fourth-order valence-corrected chi connectivity index (χ4v) is 5.15.